The summed E-state index contributed by atoms with van der Waals surface area (Å²) in [6, 6.07) is 20.5. The minimum absolute atomic E-state index is 0.00462. The first-order valence-electron chi connectivity index (χ1n) is 14.0. The van der Waals surface area contributed by atoms with Crippen molar-refractivity contribution in [1.82, 2.24) is 19.7 Å². The fraction of sp³-hybridized carbons (Fsp3) is 0.294. The number of halogens is 1. The van der Waals surface area contributed by atoms with Gasteiger partial charge in [0, 0.05) is 41.6 Å². The van der Waals surface area contributed by atoms with Crippen molar-refractivity contribution in [3.8, 4) is 28.4 Å². The zero-order valence-electron chi connectivity index (χ0n) is 24.6. The summed E-state index contributed by atoms with van der Waals surface area (Å²) in [4.78, 5) is 22.0. The maximum atomic E-state index is 15.1. The number of aromatic nitrogens is 4. The third-order valence-corrected chi connectivity index (χ3v) is 7.22. The lowest BCUT2D eigenvalue weighted by Crippen LogP contribution is -2.12. The van der Waals surface area contributed by atoms with Crippen LogP contribution in [0.5, 0.6) is 11.5 Å². The number of ketones is 1. The van der Waals surface area contributed by atoms with Gasteiger partial charge in [-0.15, -0.1) is 0 Å². The third kappa shape index (κ3) is 6.33. The van der Waals surface area contributed by atoms with Crippen LogP contribution in [-0.4, -0.2) is 39.8 Å². The Hall–Kier alpha value is -4.59. The van der Waals surface area contributed by atoms with Crippen LogP contribution < -0.4 is 9.47 Å². The molecule has 0 aliphatic rings. The number of benzene rings is 3. The molecule has 8 heteroatoms. The Morgan fingerprint density at radius 2 is 1.64 bits per heavy atom. The van der Waals surface area contributed by atoms with Gasteiger partial charge < -0.3 is 9.47 Å². The van der Waals surface area contributed by atoms with E-state index < -0.39 is 5.82 Å². The Morgan fingerprint density at radius 1 is 0.929 bits per heavy atom. The first-order valence-corrected chi connectivity index (χ1v) is 14.0. The molecule has 5 aromatic rings. The fourth-order valence-electron chi connectivity index (χ4n) is 4.85. The zero-order chi connectivity index (χ0) is 29.9. The van der Waals surface area contributed by atoms with Gasteiger partial charge in [-0.05, 0) is 42.7 Å². The number of para-hydroxylation sites is 1. The van der Waals surface area contributed by atoms with Crippen molar-refractivity contribution in [2.75, 3.05) is 14.2 Å². The number of fused-ring (bicyclic) bond motifs is 1. The second kappa shape index (κ2) is 12.1. The normalized spacial score (nSPS) is 11.6. The van der Waals surface area contributed by atoms with Gasteiger partial charge in [0.2, 0.25) is 0 Å². The van der Waals surface area contributed by atoms with E-state index in [-0.39, 0.29) is 17.6 Å². The zero-order valence-corrected chi connectivity index (χ0v) is 24.6. The van der Waals surface area contributed by atoms with Crippen molar-refractivity contribution < 1.29 is 18.7 Å². The van der Waals surface area contributed by atoms with E-state index in [1.807, 2.05) is 35.0 Å². The second-order valence-electron chi connectivity index (χ2n) is 11.3. The minimum atomic E-state index is -0.438. The van der Waals surface area contributed by atoms with Crippen molar-refractivity contribution >= 4 is 16.8 Å². The number of methoxy groups -OCH3 is 2. The Labute approximate surface area is 245 Å². The Kier molecular flexibility index (Phi) is 8.34. The summed E-state index contributed by atoms with van der Waals surface area (Å²) in [7, 11) is 3.11. The number of Topliss-reactive ketones (excluding diaryl/α,β-unsaturated/α-hetero) is 1. The highest BCUT2D eigenvalue weighted by Gasteiger charge is 2.21. The first kappa shape index (κ1) is 28.9. The molecule has 0 bridgehead atoms. The number of carbonyl (C=O) groups is 1. The van der Waals surface area contributed by atoms with E-state index in [0.717, 1.165) is 17.1 Å². The van der Waals surface area contributed by atoms with Crippen LogP contribution >= 0.6 is 0 Å². The largest absolute Gasteiger partial charge is 0.493 e. The van der Waals surface area contributed by atoms with Crippen LogP contribution in [-0.2, 0) is 23.1 Å². The molecule has 5 rings (SSSR count). The number of ether oxygens (including phenoxy) is 2. The average molecular weight is 567 g/mol. The summed E-state index contributed by atoms with van der Waals surface area (Å²) in [5.74, 6) is 0.654. The minimum Gasteiger partial charge on any atom is -0.493 e. The smallest absolute Gasteiger partial charge is 0.163 e. The van der Waals surface area contributed by atoms with Gasteiger partial charge in [0.15, 0.2) is 11.5 Å². The summed E-state index contributed by atoms with van der Waals surface area (Å²) in [5.41, 5.74) is 5.68. The van der Waals surface area contributed by atoms with E-state index in [1.54, 1.807) is 44.7 Å². The average Bonchev–Trinajstić information content (AvgIpc) is 3.42. The van der Waals surface area contributed by atoms with Gasteiger partial charge in [0.05, 0.1) is 48.5 Å². The topological polar surface area (TPSA) is 79.1 Å². The van der Waals surface area contributed by atoms with Gasteiger partial charge in [-0.25, -0.2) is 14.1 Å². The highest BCUT2D eigenvalue weighted by molar-refractivity contribution is 5.82. The predicted octanol–water partition coefficient (Wildman–Crippen LogP) is 7.07. The van der Waals surface area contributed by atoms with Crippen LogP contribution in [0.3, 0.4) is 0 Å². The van der Waals surface area contributed by atoms with Crippen molar-refractivity contribution in [3.05, 3.63) is 95.7 Å². The SMILES string of the molecule is COc1cc2ncc(-c3ccc(CC(=O)CCCc4cc(C(C)(C)C)nn4-c4ccccc4)c(F)c3)nc2cc1OC. The van der Waals surface area contributed by atoms with E-state index in [1.165, 1.54) is 6.07 Å². The van der Waals surface area contributed by atoms with Crippen molar-refractivity contribution in [2.24, 2.45) is 0 Å². The van der Waals surface area contributed by atoms with E-state index in [4.69, 9.17) is 14.6 Å². The molecule has 0 fully saturated rings. The number of rotatable bonds is 10. The number of nitrogens with zero attached hydrogens (tertiary/aromatic N) is 4. The standard InChI is InChI=1S/C34H35FN4O3/c1-34(2,3)33-18-25(39(38-33)24-10-7-6-8-11-24)12-9-13-26(40)16-22-14-15-23(17-27(22)35)30-21-36-28-19-31(41-4)32(42-5)20-29(28)37-30/h6-8,10-11,14-15,17-21H,9,12-13,16H2,1-5H3. The summed E-state index contributed by atoms with van der Waals surface area (Å²) < 4.78 is 27.8. The highest BCUT2D eigenvalue weighted by atomic mass is 19.1. The van der Waals surface area contributed by atoms with Crippen LogP contribution in [0.1, 0.15) is 50.6 Å². The van der Waals surface area contributed by atoms with Gasteiger partial charge in [0.1, 0.15) is 11.6 Å². The highest BCUT2D eigenvalue weighted by Crippen LogP contribution is 2.32. The molecule has 2 heterocycles. The molecule has 7 nitrogen and oxygen atoms in total. The van der Waals surface area contributed by atoms with Gasteiger partial charge in [-0.3, -0.25) is 9.78 Å². The van der Waals surface area contributed by atoms with Crippen LogP contribution in [0, 0.1) is 5.82 Å². The van der Waals surface area contributed by atoms with Gasteiger partial charge in [0.25, 0.3) is 0 Å². The molecule has 42 heavy (non-hydrogen) atoms. The van der Waals surface area contributed by atoms with Crippen molar-refractivity contribution in [2.45, 2.75) is 51.9 Å². The lowest BCUT2D eigenvalue weighted by atomic mass is 9.92. The van der Waals surface area contributed by atoms with Crippen molar-refractivity contribution in [1.29, 1.82) is 0 Å². The van der Waals surface area contributed by atoms with Crippen molar-refractivity contribution in [3.63, 3.8) is 0 Å². The second-order valence-corrected chi connectivity index (χ2v) is 11.3. The summed E-state index contributed by atoms with van der Waals surface area (Å²) >= 11 is 0. The quantitative estimate of drug-likeness (QED) is 0.180. The van der Waals surface area contributed by atoms with Crippen LogP contribution in [0.25, 0.3) is 28.0 Å². The monoisotopic (exact) mass is 566 g/mol. The molecule has 0 unspecified atom stereocenters. The molecule has 0 atom stereocenters. The molecule has 0 N–H and O–H groups in total. The van der Waals surface area contributed by atoms with Gasteiger partial charge >= 0.3 is 0 Å². The summed E-state index contributed by atoms with van der Waals surface area (Å²) in [6.07, 6.45) is 3.34. The van der Waals surface area contributed by atoms with E-state index in [2.05, 4.69) is 36.8 Å². The number of aryl methyl sites for hydroxylation is 1. The number of hydrogen-bond acceptors (Lipinski definition) is 6. The van der Waals surface area contributed by atoms with E-state index in [9.17, 15) is 4.79 Å². The van der Waals surface area contributed by atoms with Gasteiger partial charge in [-0.1, -0.05) is 51.1 Å². The van der Waals surface area contributed by atoms with Crippen LogP contribution in [0.4, 0.5) is 4.39 Å². The molecule has 0 spiro atoms. The van der Waals surface area contributed by atoms with Crippen LogP contribution in [0.15, 0.2) is 72.9 Å². The summed E-state index contributed by atoms with van der Waals surface area (Å²) in [6.45, 7) is 6.41. The van der Waals surface area contributed by atoms with Crippen LogP contribution in [0.2, 0.25) is 0 Å². The van der Waals surface area contributed by atoms with Gasteiger partial charge in [-0.2, -0.15) is 5.10 Å². The lowest BCUT2D eigenvalue weighted by Gasteiger charge is -2.14. The Bertz CT molecular complexity index is 1720. The molecule has 0 saturated heterocycles. The first-order chi connectivity index (χ1) is 20.2. The summed E-state index contributed by atoms with van der Waals surface area (Å²) in [5, 5.41) is 4.86. The molecule has 0 radical (unpaired) electrons. The molecule has 3 aromatic carbocycles. The van der Waals surface area contributed by atoms with E-state index in [0.29, 0.717) is 58.6 Å². The molecule has 216 valence electrons. The maximum absolute atomic E-state index is 15.1. The predicted molar refractivity (Wildman–Crippen MR) is 162 cm³/mol. The molecule has 0 amide bonds. The molecule has 0 aliphatic carbocycles. The van der Waals surface area contributed by atoms with E-state index >= 15 is 4.39 Å². The molecule has 0 saturated carbocycles. The number of hydrogen-bond donors (Lipinski definition) is 0. The molecule has 2 aromatic heterocycles. The maximum Gasteiger partial charge on any atom is 0.163 e. The fourth-order valence-corrected chi connectivity index (χ4v) is 4.85. The molecular weight excluding hydrogens is 531 g/mol. The number of carbonyl (C=O) groups excluding carboxylic acids is 1. The molecule has 0 aliphatic heterocycles. The third-order valence-electron chi connectivity index (χ3n) is 7.22. The lowest BCUT2D eigenvalue weighted by molar-refractivity contribution is -0.118. The Balaban J connectivity index is 1.25. The Morgan fingerprint density at radius 3 is 2.31 bits per heavy atom. The molecular formula is C34H35FN4O3.